The van der Waals surface area contributed by atoms with E-state index in [-0.39, 0.29) is 24.0 Å². The molecule has 21 heavy (non-hydrogen) atoms. The highest BCUT2D eigenvalue weighted by Gasteiger charge is 2.27. The predicted molar refractivity (Wildman–Crippen MR) is 81.0 cm³/mol. The average molecular weight is 290 g/mol. The molecule has 5 heteroatoms. The Morgan fingerprint density at radius 1 is 1.29 bits per heavy atom. The van der Waals surface area contributed by atoms with E-state index in [2.05, 4.69) is 5.32 Å². The van der Waals surface area contributed by atoms with Gasteiger partial charge in [-0.15, -0.1) is 0 Å². The minimum atomic E-state index is -0.102. The van der Waals surface area contributed by atoms with Crippen molar-refractivity contribution in [3.8, 4) is 0 Å². The zero-order chi connectivity index (χ0) is 15.4. The van der Waals surface area contributed by atoms with Gasteiger partial charge in [-0.2, -0.15) is 0 Å². The van der Waals surface area contributed by atoms with Crippen molar-refractivity contribution in [1.82, 2.24) is 4.90 Å². The first-order valence-corrected chi connectivity index (χ1v) is 7.23. The molecule has 1 aliphatic heterocycles. The molecule has 1 aromatic carbocycles. The van der Waals surface area contributed by atoms with Crippen LogP contribution in [0, 0.1) is 0 Å². The monoisotopic (exact) mass is 290 g/mol. The normalized spacial score (nSPS) is 22.0. The van der Waals surface area contributed by atoms with Crippen molar-refractivity contribution in [2.75, 3.05) is 18.5 Å². The first-order valence-electron chi connectivity index (χ1n) is 7.23. The highest BCUT2D eigenvalue weighted by atomic mass is 16.5. The predicted octanol–water partition coefficient (Wildman–Crippen LogP) is 1.82. The average Bonchev–Trinajstić information content (AvgIpc) is 2.43. The summed E-state index contributed by atoms with van der Waals surface area (Å²) in [6.07, 6.45) is 0.463. The van der Waals surface area contributed by atoms with E-state index in [9.17, 15) is 9.59 Å². The van der Waals surface area contributed by atoms with Crippen LogP contribution >= 0.6 is 0 Å². The van der Waals surface area contributed by atoms with E-state index in [0.717, 1.165) is 11.3 Å². The molecular formula is C16H22N2O3. The number of nitrogens with one attached hydrogen (secondary N) is 1. The van der Waals surface area contributed by atoms with E-state index < -0.39 is 0 Å². The topological polar surface area (TPSA) is 58.6 Å². The highest BCUT2D eigenvalue weighted by Crippen LogP contribution is 2.15. The SMILES string of the molecule is CC(=O)Nc1ccc(CC(=O)N2CC(C)OCC2C)cc1. The first kappa shape index (κ1) is 15.5. The number of rotatable bonds is 3. The summed E-state index contributed by atoms with van der Waals surface area (Å²) >= 11 is 0. The van der Waals surface area contributed by atoms with Crippen LogP contribution in [-0.2, 0) is 20.7 Å². The van der Waals surface area contributed by atoms with Gasteiger partial charge in [-0.25, -0.2) is 0 Å². The number of amides is 2. The smallest absolute Gasteiger partial charge is 0.227 e. The number of carbonyl (C=O) groups excluding carboxylic acids is 2. The number of hydrogen-bond donors (Lipinski definition) is 1. The van der Waals surface area contributed by atoms with Crippen molar-refractivity contribution in [2.24, 2.45) is 0 Å². The van der Waals surface area contributed by atoms with Gasteiger partial charge < -0.3 is 15.0 Å². The zero-order valence-electron chi connectivity index (χ0n) is 12.8. The number of benzene rings is 1. The van der Waals surface area contributed by atoms with Crippen LogP contribution in [0.2, 0.25) is 0 Å². The van der Waals surface area contributed by atoms with Gasteiger partial charge in [0.2, 0.25) is 11.8 Å². The van der Waals surface area contributed by atoms with Crippen LogP contribution < -0.4 is 5.32 Å². The van der Waals surface area contributed by atoms with Crippen molar-refractivity contribution in [1.29, 1.82) is 0 Å². The number of morpholine rings is 1. The molecular weight excluding hydrogens is 268 g/mol. The van der Waals surface area contributed by atoms with Gasteiger partial charge in [0.25, 0.3) is 0 Å². The molecule has 1 heterocycles. The summed E-state index contributed by atoms with van der Waals surface area (Å²) in [4.78, 5) is 25.2. The quantitative estimate of drug-likeness (QED) is 0.924. The van der Waals surface area contributed by atoms with E-state index in [4.69, 9.17) is 4.74 Å². The molecule has 114 valence electrons. The van der Waals surface area contributed by atoms with Crippen LogP contribution in [0.15, 0.2) is 24.3 Å². The standard InChI is InChI=1S/C16H22N2O3/c1-11-10-21-12(2)9-18(11)16(20)8-14-4-6-15(7-5-14)17-13(3)19/h4-7,11-12H,8-10H2,1-3H3,(H,17,19). The van der Waals surface area contributed by atoms with Gasteiger partial charge in [-0.3, -0.25) is 9.59 Å². The molecule has 5 nitrogen and oxygen atoms in total. The van der Waals surface area contributed by atoms with Gasteiger partial charge >= 0.3 is 0 Å². The summed E-state index contributed by atoms with van der Waals surface area (Å²) in [7, 11) is 0. The lowest BCUT2D eigenvalue weighted by molar-refractivity contribution is -0.142. The van der Waals surface area contributed by atoms with Crippen LogP contribution in [0.3, 0.4) is 0 Å². The molecule has 1 aromatic rings. The summed E-state index contributed by atoms with van der Waals surface area (Å²) < 4.78 is 5.54. The maximum atomic E-state index is 12.4. The summed E-state index contributed by atoms with van der Waals surface area (Å²) in [5.74, 6) is 0.0138. The summed E-state index contributed by atoms with van der Waals surface area (Å²) in [5, 5.41) is 2.71. The lowest BCUT2D eigenvalue weighted by Gasteiger charge is -2.37. The van der Waals surface area contributed by atoms with E-state index in [1.54, 1.807) is 0 Å². The van der Waals surface area contributed by atoms with Gasteiger partial charge in [0.05, 0.1) is 25.2 Å². The molecule has 1 N–H and O–H groups in total. The van der Waals surface area contributed by atoms with Crippen molar-refractivity contribution < 1.29 is 14.3 Å². The molecule has 1 saturated heterocycles. The van der Waals surface area contributed by atoms with Crippen molar-refractivity contribution >= 4 is 17.5 Å². The Labute approximate surface area is 125 Å². The molecule has 2 atom stereocenters. The second-order valence-electron chi connectivity index (χ2n) is 5.59. The maximum Gasteiger partial charge on any atom is 0.227 e. The Morgan fingerprint density at radius 3 is 2.57 bits per heavy atom. The van der Waals surface area contributed by atoms with Gasteiger partial charge in [-0.05, 0) is 31.5 Å². The van der Waals surface area contributed by atoms with Gasteiger partial charge in [0.1, 0.15) is 0 Å². The molecule has 0 aromatic heterocycles. The fourth-order valence-corrected chi connectivity index (χ4v) is 2.44. The third kappa shape index (κ3) is 4.29. The highest BCUT2D eigenvalue weighted by molar-refractivity contribution is 5.88. The molecule has 0 bridgehead atoms. The fraction of sp³-hybridized carbons (Fsp3) is 0.500. The summed E-state index contributed by atoms with van der Waals surface area (Å²) in [6.45, 7) is 6.69. The zero-order valence-corrected chi connectivity index (χ0v) is 12.8. The molecule has 2 unspecified atom stereocenters. The van der Waals surface area contributed by atoms with Gasteiger partial charge in [0.15, 0.2) is 0 Å². The molecule has 0 saturated carbocycles. The second-order valence-corrected chi connectivity index (χ2v) is 5.59. The third-order valence-corrected chi connectivity index (χ3v) is 3.56. The van der Waals surface area contributed by atoms with Crippen molar-refractivity contribution in [3.05, 3.63) is 29.8 Å². The maximum absolute atomic E-state index is 12.4. The van der Waals surface area contributed by atoms with E-state index in [1.807, 2.05) is 43.0 Å². The fourth-order valence-electron chi connectivity index (χ4n) is 2.44. The molecule has 2 rings (SSSR count). The second kappa shape index (κ2) is 6.72. The Balaban J connectivity index is 1.97. The lowest BCUT2D eigenvalue weighted by atomic mass is 10.1. The third-order valence-electron chi connectivity index (χ3n) is 3.56. The van der Waals surface area contributed by atoms with Crippen LogP contribution in [0.5, 0.6) is 0 Å². The number of nitrogens with zero attached hydrogens (tertiary/aromatic N) is 1. The van der Waals surface area contributed by atoms with Crippen LogP contribution in [0.25, 0.3) is 0 Å². The minimum Gasteiger partial charge on any atom is -0.375 e. The van der Waals surface area contributed by atoms with Gasteiger partial charge in [0, 0.05) is 19.2 Å². The number of hydrogen-bond acceptors (Lipinski definition) is 3. The molecule has 0 radical (unpaired) electrons. The molecule has 0 aliphatic carbocycles. The number of anilines is 1. The lowest BCUT2D eigenvalue weighted by Crippen LogP contribution is -2.50. The molecule has 0 spiro atoms. The van der Waals surface area contributed by atoms with E-state index in [1.165, 1.54) is 6.92 Å². The number of carbonyl (C=O) groups is 2. The molecule has 1 fully saturated rings. The Hall–Kier alpha value is -1.88. The molecule has 1 aliphatic rings. The molecule has 2 amide bonds. The number of ether oxygens (including phenoxy) is 1. The summed E-state index contributed by atoms with van der Waals surface area (Å²) in [5.41, 5.74) is 1.69. The van der Waals surface area contributed by atoms with Crippen molar-refractivity contribution in [2.45, 2.75) is 39.3 Å². The van der Waals surface area contributed by atoms with Crippen LogP contribution in [0.1, 0.15) is 26.3 Å². The summed E-state index contributed by atoms with van der Waals surface area (Å²) in [6, 6.07) is 7.49. The van der Waals surface area contributed by atoms with E-state index in [0.29, 0.717) is 19.6 Å². The van der Waals surface area contributed by atoms with Crippen LogP contribution in [-0.4, -0.2) is 42.0 Å². The van der Waals surface area contributed by atoms with Gasteiger partial charge in [-0.1, -0.05) is 12.1 Å². The van der Waals surface area contributed by atoms with E-state index >= 15 is 0 Å². The first-order chi connectivity index (χ1) is 9.95. The largest absolute Gasteiger partial charge is 0.375 e. The minimum absolute atomic E-state index is 0.0901. The van der Waals surface area contributed by atoms with Crippen molar-refractivity contribution in [3.63, 3.8) is 0 Å². The van der Waals surface area contributed by atoms with Crippen LogP contribution in [0.4, 0.5) is 5.69 Å². The Morgan fingerprint density at radius 2 is 1.95 bits per heavy atom. The Kier molecular flexibility index (Phi) is 4.96. The Bertz CT molecular complexity index is 513.